The van der Waals surface area contributed by atoms with E-state index >= 15 is 0 Å². The molecule has 0 aromatic carbocycles. The molecule has 23 heavy (non-hydrogen) atoms. The highest BCUT2D eigenvalue weighted by Crippen LogP contribution is 2.21. The number of nitrogens with one attached hydrogen (secondary N) is 2. The van der Waals surface area contributed by atoms with E-state index in [1.807, 2.05) is 0 Å². The van der Waals surface area contributed by atoms with Gasteiger partial charge in [-0.2, -0.15) is 0 Å². The monoisotopic (exact) mass is 516 g/mol. The van der Waals surface area contributed by atoms with Crippen LogP contribution in [-0.2, 0) is 11.3 Å². The van der Waals surface area contributed by atoms with Crippen LogP contribution < -0.4 is 10.6 Å². The van der Waals surface area contributed by atoms with Gasteiger partial charge in [-0.3, -0.25) is 9.89 Å². The Morgan fingerprint density at radius 1 is 1.35 bits per heavy atom. The highest BCUT2D eigenvalue weighted by Gasteiger charge is 2.28. The van der Waals surface area contributed by atoms with Crippen molar-refractivity contribution < 1.29 is 4.74 Å². The van der Waals surface area contributed by atoms with Crippen molar-refractivity contribution in [3.8, 4) is 0 Å². The quantitative estimate of drug-likeness (QED) is 0.359. The zero-order valence-corrected chi connectivity index (χ0v) is 18.6. The van der Waals surface area contributed by atoms with Crippen LogP contribution in [0.15, 0.2) is 20.9 Å². The van der Waals surface area contributed by atoms with Gasteiger partial charge < -0.3 is 15.4 Å². The van der Waals surface area contributed by atoms with Gasteiger partial charge in [-0.25, -0.2) is 0 Å². The number of thiophene rings is 1. The third kappa shape index (κ3) is 6.85. The first-order valence-electron chi connectivity index (χ1n) is 7.53. The molecule has 132 valence electrons. The lowest BCUT2D eigenvalue weighted by Crippen LogP contribution is -2.56. The Labute approximate surface area is 168 Å². The maximum Gasteiger partial charge on any atom is 0.191 e. The molecule has 0 amide bonds. The Morgan fingerprint density at radius 3 is 2.61 bits per heavy atom. The van der Waals surface area contributed by atoms with Gasteiger partial charge >= 0.3 is 0 Å². The SMILES string of the molecule is CN=C(NCc1ccc(Br)s1)NCC(C)(C)N1CCOCC1.I. The number of hydrogen-bond donors (Lipinski definition) is 2. The molecule has 0 atom stereocenters. The van der Waals surface area contributed by atoms with Crippen LogP contribution in [-0.4, -0.2) is 56.3 Å². The molecule has 0 unspecified atom stereocenters. The molecule has 8 heteroatoms. The highest BCUT2D eigenvalue weighted by molar-refractivity contribution is 14.0. The summed E-state index contributed by atoms with van der Waals surface area (Å²) in [5, 5.41) is 6.79. The van der Waals surface area contributed by atoms with Crippen molar-refractivity contribution >= 4 is 57.2 Å². The number of rotatable bonds is 5. The normalized spacial score (nSPS) is 16.8. The topological polar surface area (TPSA) is 48.9 Å². The van der Waals surface area contributed by atoms with Crippen LogP contribution in [0.3, 0.4) is 0 Å². The zero-order chi connectivity index (χ0) is 16.0. The van der Waals surface area contributed by atoms with Crippen molar-refractivity contribution in [1.29, 1.82) is 0 Å². The largest absolute Gasteiger partial charge is 0.379 e. The lowest BCUT2D eigenvalue weighted by Gasteiger charge is -2.41. The fourth-order valence-electron chi connectivity index (χ4n) is 2.42. The summed E-state index contributed by atoms with van der Waals surface area (Å²) >= 11 is 5.22. The fourth-order valence-corrected chi connectivity index (χ4v) is 3.84. The van der Waals surface area contributed by atoms with E-state index in [4.69, 9.17) is 4.74 Å². The average Bonchev–Trinajstić information content (AvgIpc) is 2.94. The third-order valence-corrected chi connectivity index (χ3v) is 5.46. The van der Waals surface area contributed by atoms with Crippen LogP contribution >= 0.6 is 51.2 Å². The van der Waals surface area contributed by atoms with Gasteiger partial charge in [-0.05, 0) is 41.9 Å². The minimum Gasteiger partial charge on any atom is -0.379 e. The second-order valence-electron chi connectivity index (χ2n) is 5.90. The Kier molecular flexibility index (Phi) is 9.35. The molecule has 1 aliphatic rings. The molecule has 0 spiro atoms. The molecule has 5 nitrogen and oxygen atoms in total. The molecule has 2 heterocycles. The Hall–Kier alpha value is 0.1000. The second-order valence-corrected chi connectivity index (χ2v) is 8.44. The molecule has 0 radical (unpaired) electrons. The van der Waals surface area contributed by atoms with Crippen molar-refractivity contribution in [3.63, 3.8) is 0 Å². The summed E-state index contributed by atoms with van der Waals surface area (Å²) in [4.78, 5) is 8.05. The molecule has 2 rings (SSSR count). The number of nitrogens with zero attached hydrogens (tertiary/aromatic N) is 2. The van der Waals surface area contributed by atoms with E-state index in [1.54, 1.807) is 18.4 Å². The van der Waals surface area contributed by atoms with Crippen molar-refractivity contribution in [3.05, 3.63) is 20.8 Å². The molecular weight excluding hydrogens is 491 g/mol. The van der Waals surface area contributed by atoms with Crippen molar-refractivity contribution in [2.24, 2.45) is 4.99 Å². The fraction of sp³-hybridized carbons (Fsp3) is 0.667. The van der Waals surface area contributed by atoms with Crippen LogP contribution in [0.1, 0.15) is 18.7 Å². The smallest absolute Gasteiger partial charge is 0.191 e. The number of hydrogen-bond acceptors (Lipinski definition) is 4. The molecule has 0 aliphatic carbocycles. The predicted octanol–water partition coefficient (Wildman–Crippen LogP) is 2.90. The van der Waals surface area contributed by atoms with E-state index in [1.165, 1.54) is 4.88 Å². The summed E-state index contributed by atoms with van der Waals surface area (Å²) in [5.74, 6) is 0.839. The van der Waals surface area contributed by atoms with Crippen LogP contribution in [0.5, 0.6) is 0 Å². The lowest BCUT2D eigenvalue weighted by molar-refractivity contribution is -0.00834. The summed E-state index contributed by atoms with van der Waals surface area (Å²) in [5.41, 5.74) is 0.0767. The van der Waals surface area contributed by atoms with E-state index < -0.39 is 0 Å². The minimum atomic E-state index is 0. The maximum absolute atomic E-state index is 5.43. The van der Waals surface area contributed by atoms with Crippen molar-refractivity contribution in [2.75, 3.05) is 39.9 Å². The molecule has 1 aliphatic heterocycles. The maximum atomic E-state index is 5.43. The summed E-state index contributed by atoms with van der Waals surface area (Å²) < 4.78 is 6.58. The van der Waals surface area contributed by atoms with Crippen LogP contribution in [0, 0.1) is 0 Å². The van der Waals surface area contributed by atoms with Crippen LogP contribution in [0.4, 0.5) is 0 Å². The molecular formula is C15H26BrIN4OS. The number of aliphatic imine (C=N–C) groups is 1. The van der Waals surface area contributed by atoms with Crippen molar-refractivity contribution in [1.82, 2.24) is 15.5 Å². The molecule has 1 fully saturated rings. The van der Waals surface area contributed by atoms with Gasteiger partial charge in [0.25, 0.3) is 0 Å². The van der Waals surface area contributed by atoms with Gasteiger partial charge in [0.1, 0.15) is 0 Å². The lowest BCUT2D eigenvalue weighted by atomic mass is 10.0. The molecule has 0 bridgehead atoms. The molecule has 2 N–H and O–H groups in total. The first kappa shape index (κ1) is 21.1. The average molecular weight is 517 g/mol. The predicted molar refractivity (Wildman–Crippen MR) is 112 cm³/mol. The Balaban J connectivity index is 0.00000264. The van der Waals surface area contributed by atoms with E-state index in [2.05, 4.69) is 62.4 Å². The first-order valence-corrected chi connectivity index (χ1v) is 9.14. The first-order chi connectivity index (χ1) is 10.5. The zero-order valence-electron chi connectivity index (χ0n) is 13.9. The summed E-state index contributed by atoms with van der Waals surface area (Å²) in [6.07, 6.45) is 0. The number of guanidine groups is 1. The number of halogens is 2. The molecule has 0 saturated carbocycles. The van der Waals surface area contributed by atoms with Crippen LogP contribution in [0.25, 0.3) is 0 Å². The molecule has 1 aromatic rings. The number of morpholine rings is 1. The van der Waals surface area contributed by atoms with E-state index in [0.29, 0.717) is 0 Å². The molecule has 1 aromatic heterocycles. The van der Waals surface area contributed by atoms with Gasteiger partial charge in [0.15, 0.2) is 5.96 Å². The summed E-state index contributed by atoms with van der Waals surface area (Å²) in [6.45, 7) is 9.78. The van der Waals surface area contributed by atoms with Gasteiger partial charge in [0, 0.05) is 37.1 Å². The van der Waals surface area contributed by atoms with Gasteiger partial charge in [-0.15, -0.1) is 35.3 Å². The Bertz CT molecular complexity index is 503. The summed E-state index contributed by atoms with van der Waals surface area (Å²) in [7, 11) is 1.81. The molecule has 1 saturated heterocycles. The minimum absolute atomic E-state index is 0. The third-order valence-electron chi connectivity index (χ3n) is 3.84. The number of ether oxygens (including phenoxy) is 1. The van der Waals surface area contributed by atoms with E-state index in [-0.39, 0.29) is 29.5 Å². The second kappa shape index (κ2) is 10.2. The Morgan fingerprint density at radius 2 is 2.04 bits per heavy atom. The van der Waals surface area contributed by atoms with E-state index in [0.717, 1.165) is 49.1 Å². The van der Waals surface area contributed by atoms with E-state index in [9.17, 15) is 0 Å². The van der Waals surface area contributed by atoms with Crippen molar-refractivity contribution in [2.45, 2.75) is 25.9 Å². The van der Waals surface area contributed by atoms with Gasteiger partial charge in [0.2, 0.25) is 0 Å². The highest BCUT2D eigenvalue weighted by atomic mass is 127. The van der Waals surface area contributed by atoms with Gasteiger partial charge in [0.05, 0.1) is 23.5 Å². The standard InChI is InChI=1S/C15H25BrN4OS.HI/c1-15(2,20-6-8-21-9-7-20)11-19-14(17-3)18-10-12-4-5-13(16)22-12;/h4-5H,6-11H2,1-3H3,(H2,17,18,19);1H. The van der Waals surface area contributed by atoms with Gasteiger partial charge in [-0.1, -0.05) is 0 Å². The summed E-state index contributed by atoms with van der Waals surface area (Å²) in [6, 6.07) is 4.19. The van der Waals surface area contributed by atoms with Crippen LogP contribution in [0.2, 0.25) is 0 Å².